The number of hydrogen-bond acceptors (Lipinski definition) is 6. The lowest BCUT2D eigenvalue weighted by Crippen LogP contribution is -2.20. The summed E-state index contributed by atoms with van der Waals surface area (Å²) in [6, 6.07) is 60.5. The SMILES string of the molecule is C/C=C\C=C(/C)N(C/C=C\C(=C/C)c1cccc(-c2ccc(N(c3ccccc3)c3ccc4nn(-c5ccccc5)nc4c3)cc2)c1)c1ccc2nn(-c3ccccc3)nc2c1. The summed E-state index contributed by atoms with van der Waals surface area (Å²) < 4.78 is 0. The van der Waals surface area contributed by atoms with E-state index in [4.69, 9.17) is 20.4 Å². The molecule has 9 aromatic rings. The van der Waals surface area contributed by atoms with Crippen LogP contribution >= 0.6 is 0 Å². The minimum atomic E-state index is 0.674. The van der Waals surface area contributed by atoms with E-state index in [0.29, 0.717) is 6.54 Å². The van der Waals surface area contributed by atoms with Gasteiger partial charge < -0.3 is 9.80 Å². The molecule has 0 aliphatic heterocycles. The molecular weight excluding hydrogens is 761 g/mol. The minimum absolute atomic E-state index is 0.674. The Balaban J connectivity index is 0.956. The van der Waals surface area contributed by atoms with Gasteiger partial charge in [0.25, 0.3) is 0 Å². The third-order valence-corrected chi connectivity index (χ3v) is 10.8. The lowest BCUT2D eigenvalue weighted by molar-refractivity contribution is 0.765. The molecule has 0 N–H and O–H groups in total. The Morgan fingerprint density at radius 1 is 0.516 bits per heavy atom. The first-order valence-corrected chi connectivity index (χ1v) is 20.9. The molecule has 7 aromatic carbocycles. The Kier molecular flexibility index (Phi) is 11.4. The maximum Gasteiger partial charge on any atom is 0.115 e. The van der Waals surface area contributed by atoms with Crippen molar-refractivity contribution in [3.63, 3.8) is 0 Å². The number of anilines is 4. The van der Waals surface area contributed by atoms with E-state index in [1.807, 2.05) is 91.9 Å². The Bertz CT molecular complexity index is 3070. The minimum Gasteiger partial charge on any atom is -0.342 e. The largest absolute Gasteiger partial charge is 0.342 e. The molecule has 0 amide bonds. The van der Waals surface area contributed by atoms with Crippen molar-refractivity contribution in [2.24, 2.45) is 0 Å². The van der Waals surface area contributed by atoms with E-state index in [1.54, 1.807) is 9.59 Å². The van der Waals surface area contributed by atoms with Crippen LogP contribution in [-0.2, 0) is 0 Å². The Morgan fingerprint density at radius 3 is 1.68 bits per heavy atom. The third-order valence-electron chi connectivity index (χ3n) is 10.8. The molecule has 0 aliphatic carbocycles. The van der Waals surface area contributed by atoms with Crippen molar-refractivity contribution in [1.29, 1.82) is 0 Å². The summed E-state index contributed by atoms with van der Waals surface area (Å²) in [6.07, 6.45) is 12.9. The van der Waals surface area contributed by atoms with Crippen LogP contribution in [0.25, 0.3) is 50.1 Å². The van der Waals surface area contributed by atoms with Crippen LogP contribution in [0.1, 0.15) is 26.3 Å². The number of rotatable bonds is 13. The van der Waals surface area contributed by atoms with Gasteiger partial charge in [0.1, 0.15) is 22.1 Å². The molecule has 0 radical (unpaired) electrons. The molecule has 8 nitrogen and oxygen atoms in total. The first kappa shape index (κ1) is 39.4. The summed E-state index contributed by atoms with van der Waals surface area (Å²) >= 11 is 0. The van der Waals surface area contributed by atoms with E-state index >= 15 is 0 Å². The zero-order valence-electron chi connectivity index (χ0n) is 35.0. The van der Waals surface area contributed by atoms with Gasteiger partial charge in [-0.15, -0.1) is 20.4 Å². The first-order chi connectivity index (χ1) is 30.5. The van der Waals surface area contributed by atoms with Crippen molar-refractivity contribution >= 4 is 50.4 Å². The predicted octanol–water partition coefficient (Wildman–Crippen LogP) is 13.2. The molecule has 62 heavy (non-hydrogen) atoms. The topological polar surface area (TPSA) is 67.9 Å². The number of fused-ring (bicyclic) bond motifs is 2. The standard InChI is InChI=1S/C54H46N8/c1-4-6-18-40(3)59(49-32-34-51-53(38-49)57-61(55-51)47-24-12-8-13-25-47)36-17-21-41(5-2)43-19-16-20-44(37-43)42-28-30-46(31-29-42)60(45-22-10-7-11-23-45)50-33-35-52-54(39-50)58-62(56-52)48-26-14-9-15-27-48/h4-35,37-39H,36H2,1-3H3/b6-4-,21-17-,40-18+,41-5+. The first-order valence-electron chi connectivity index (χ1n) is 20.9. The molecular formula is C54H46N8. The maximum atomic E-state index is 4.83. The van der Waals surface area contributed by atoms with Crippen LogP contribution in [0.5, 0.6) is 0 Å². The predicted molar refractivity (Wildman–Crippen MR) is 257 cm³/mol. The molecule has 0 bridgehead atoms. The van der Waals surface area contributed by atoms with Crippen LogP contribution < -0.4 is 9.80 Å². The number of benzene rings is 7. The van der Waals surface area contributed by atoms with Gasteiger partial charge in [-0.2, -0.15) is 9.59 Å². The van der Waals surface area contributed by atoms with Crippen LogP contribution in [-0.4, -0.2) is 36.5 Å². The van der Waals surface area contributed by atoms with Gasteiger partial charge in [-0.25, -0.2) is 0 Å². The number of aromatic nitrogens is 6. The van der Waals surface area contributed by atoms with Crippen molar-refractivity contribution in [3.05, 3.63) is 224 Å². The summed E-state index contributed by atoms with van der Waals surface area (Å²) in [5, 5.41) is 19.1. The fourth-order valence-electron chi connectivity index (χ4n) is 7.59. The highest BCUT2D eigenvalue weighted by Gasteiger charge is 2.16. The fraction of sp³-hybridized carbons (Fsp3) is 0.0741. The average Bonchev–Trinajstić information content (AvgIpc) is 3.97. The highest BCUT2D eigenvalue weighted by Crippen LogP contribution is 2.37. The average molecular weight is 807 g/mol. The van der Waals surface area contributed by atoms with Crippen molar-refractivity contribution in [2.45, 2.75) is 20.8 Å². The second-order valence-electron chi connectivity index (χ2n) is 14.9. The third kappa shape index (κ3) is 8.48. The summed E-state index contributed by atoms with van der Waals surface area (Å²) in [7, 11) is 0. The Hall–Kier alpha value is -8.10. The molecule has 8 heteroatoms. The van der Waals surface area contributed by atoms with Crippen LogP contribution in [0.4, 0.5) is 22.7 Å². The summed E-state index contributed by atoms with van der Waals surface area (Å²) in [4.78, 5) is 7.95. The second kappa shape index (κ2) is 18.0. The second-order valence-corrected chi connectivity index (χ2v) is 14.9. The summed E-state index contributed by atoms with van der Waals surface area (Å²) in [5.74, 6) is 0. The van der Waals surface area contributed by atoms with E-state index < -0.39 is 0 Å². The van der Waals surface area contributed by atoms with Crippen molar-refractivity contribution in [2.75, 3.05) is 16.3 Å². The number of nitrogens with zero attached hydrogens (tertiary/aromatic N) is 8. The van der Waals surface area contributed by atoms with Gasteiger partial charge in [-0.1, -0.05) is 115 Å². The zero-order valence-corrected chi connectivity index (χ0v) is 35.0. The van der Waals surface area contributed by atoms with E-state index in [0.717, 1.165) is 84.2 Å². The molecule has 0 aliphatic rings. The van der Waals surface area contributed by atoms with E-state index in [1.165, 1.54) is 0 Å². The molecule has 0 fully saturated rings. The van der Waals surface area contributed by atoms with Crippen molar-refractivity contribution in [1.82, 2.24) is 30.0 Å². The monoisotopic (exact) mass is 806 g/mol. The number of allylic oxidation sites excluding steroid dienone is 7. The molecule has 0 saturated carbocycles. The highest BCUT2D eigenvalue weighted by molar-refractivity contribution is 5.86. The number of para-hydroxylation sites is 3. The highest BCUT2D eigenvalue weighted by atomic mass is 15.5. The Labute approximate surface area is 362 Å². The summed E-state index contributed by atoms with van der Waals surface area (Å²) in [5.41, 5.74) is 15.1. The van der Waals surface area contributed by atoms with Crippen LogP contribution in [0.15, 0.2) is 218 Å². The molecule has 0 saturated heterocycles. The normalized spacial score (nSPS) is 12.2. The molecule has 0 unspecified atom stereocenters. The Morgan fingerprint density at radius 2 is 1.06 bits per heavy atom. The molecule has 2 heterocycles. The van der Waals surface area contributed by atoms with Gasteiger partial charge in [0.15, 0.2) is 0 Å². The van der Waals surface area contributed by atoms with Crippen LogP contribution in [0.2, 0.25) is 0 Å². The van der Waals surface area contributed by atoms with Gasteiger partial charge in [-0.3, -0.25) is 0 Å². The molecule has 2 aromatic heterocycles. The van der Waals surface area contributed by atoms with Gasteiger partial charge in [0, 0.05) is 35.0 Å². The molecule has 0 atom stereocenters. The van der Waals surface area contributed by atoms with E-state index in [2.05, 4.69) is 151 Å². The zero-order chi connectivity index (χ0) is 42.3. The van der Waals surface area contributed by atoms with Crippen molar-refractivity contribution < 1.29 is 0 Å². The number of hydrogen-bond donors (Lipinski definition) is 0. The smallest absolute Gasteiger partial charge is 0.115 e. The van der Waals surface area contributed by atoms with Gasteiger partial charge in [-0.05, 0) is 140 Å². The summed E-state index contributed by atoms with van der Waals surface area (Å²) in [6.45, 7) is 6.94. The van der Waals surface area contributed by atoms with Crippen LogP contribution in [0.3, 0.4) is 0 Å². The van der Waals surface area contributed by atoms with Gasteiger partial charge in [0.05, 0.1) is 11.4 Å². The van der Waals surface area contributed by atoms with Gasteiger partial charge in [0.2, 0.25) is 0 Å². The fourth-order valence-corrected chi connectivity index (χ4v) is 7.59. The van der Waals surface area contributed by atoms with Gasteiger partial charge >= 0.3 is 0 Å². The molecule has 9 rings (SSSR count). The van der Waals surface area contributed by atoms with E-state index in [-0.39, 0.29) is 0 Å². The van der Waals surface area contributed by atoms with Crippen molar-refractivity contribution in [3.8, 4) is 22.5 Å². The maximum absolute atomic E-state index is 4.83. The van der Waals surface area contributed by atoms with Crippen LogP contribution in [0, 0.1) is 0 Å². The molecule has 302 valence electrons. The molecule has 0 spiro atoms. The lowest BCUT2D eigenvalue weighted by Gasteiger charge is -2.25. The lowest BCUT2D eigenvalue weighted by atomic mass is 9.98. The van der Waals surface area contributed by atoms with E-state index in [9.17, 15) is 0 Å². The quantitative estimate of drug-likeness (QED) is 0.108.